The van der Waals surface area contributed by atoms with Crippen LogP contribution in [-0.2, 0) is 6.42 Å². The van der Waals surface area contributed by atoms with E-state index < -0.39 is 0 Å². The molecule has 0 fully saturated rings. The van der Waals surface area contributed by atoms with Crippen LogP contribution in [0, 0.1) is 5.92 Å². The Morgan fingerprint density at radius 2 is 2.21 bits per heavy atom. The van der Waals surface area contributed by atoms with Crippen LogP contribution in [0.15, 0.2) is 12.1 Å². The summed E-state index contributed by atoms with van der Waals surface area (Å²) >= 11 is 6.11. The van der Waals surface area contributed by atoms with Gasteiger partial charge in [-0.3, -0.25) is 4.79 Å². The summed E-state index contributed by atoms with van der Waals surface area (Å²) in [4.78, 5) is 11.6. The van der Waals surface area contributed by atoms with Gasteiger partial charge < -0.3 is 4.74 Å². The Kier molecular flexibility index (Phi) is 2.23. The topological polar surface area (TPSA) is 26.3 Å². The second-order valence-corrected chi connectivity index (χ2v) is 3.96. The zero-order chi connectivity index (χ0) is 10.3. The highest BCUT2D eigenvalue weighted by Gasteiger charge is 2.29. The Morgan fingerprint density at radius 1 is 1.50 bits per heavy atom. The molecule has 1 aliphatic rings. The first-order valence-corrected chi connectivity index (χ1v) is 4.92. The van der Waals surface area contributed by atoms with Gasteiger partial charge in [0.15, 0.2) is 5.78 Å². The summed E-state index contributed by atoms with van der Waals surface area (Å²) in [5, 5.41) is 0.586. The molecule has 0 radical (unpaired) electrons. The van der Waals surface area contributed by atoms with Crippen molar-refractivity contribution in [3.05, 3.63) is 28.3 Å². The van der Waals surface area contributed by atoms with E-state index in [0.717, 1.165) is 17.5 Å². The lowest BCUT2D eigenvalue weighted by Gasteiger charge is -2.06. The molecular formula is C11H11ClO2. The first-order chi connectivity index (χ1) is 6.65. The smallest absolute Gasteiger partial charge is 0.166 e. The second kappa shape index (κ2) is 3.28. The maximum Gasteiger partial charge on any atom is 0.166 e. The molecule has 0 unspecified atom stereocenters. The van der Waals surface area contributed by atoms with Crippen LogP contribution in [0.5, 0.6) is 5.75 Å². The molecule has 2 rings (SSSR count). The van der Waals surface area contributed by atoms with Gasteiger partial charge in [-0.2, -0.15) is 0 Å². The van der Waals surface area contributed by atoms with Crippen LogP contribution in [0.2, 0.25) is 5.02 Å². The average Bonchev–Trinajstić information content (AvgIpc) is 2.46. The number of ether oxygens (including phenoxy) is 1. The zero-order valence-electron chi connectivity index (χ0n) is 8.13. The van der Waals surface area contributed by atoms with E-state index in [0.29, 0.717) is 10.8 Å². The Balaban J connectivity index is 2.58. The van der Waals surface area contributed by atoms with Crippen LogP contribution < -0.4 is 4.74 Å². The predicted octanol–water partition coefficient (Wildman–Crippen LogP) is 2.72. The fourth-order valence-electron chi connectivity index (χ4n) is 1.85. The molecule has 2 nitrogen and oxygen atoms in total. The maximum atomic E-state index is 11.6. The molecule has 0 saturated carbocycles. The molecule has 0 amide bonds. The van der Waals surface area contributed by atoms with Crippen molar-refractivity contribution in [2.45, 2.75) is 13.3 Å². The molecular weight excluding hydrogens is 200 g/mol. The van der Waals surface area contributed by atoms with Crippen LogP contribution >= 0.6 is 11.6 Å². The van der Waals surface area contributed by atoms with Gasteiger partial charge in [0.25, 0.3) is 0 Å². The summed E-state index contributed by atoms with van der Waals surface area (Å²) in [6.07, 6.45) is 0.726. The number of ketones is 1. The minimum Gasteiger partial charge on any atom is -0.495 e. The zero-order valence-corrected chi connectivity index (χ0v) is 8.89. The summed E-state index contributed by atoms with van der Waals surface area (Å²) in [7, 11) is 1.58. The minimum absolute atomic E-state index is 0.0506. The number of carbonyl (C=O) groups is 1. The Bertz CT molecular complexity index is 399. The third-order valence-electron chi connectivity index (χ3n) is 2.65. The van der Waals surface area contributed by atoms with Gasteiger partial charge in [-0.15, -0.1) is 0 Å². The lowest BCUT2D eigenvalue weighted by Crippen LogP contribution is -2.02. The van der Waals surface area contributed by atoms with Gasteiger partial charge in [-0.05, 0) is 24.1 Å². The highest BCUT2D eigenvalue weighted by Crippen LogP contribution is 2.37. The Morgan fingerprint density at radius 3 is 2.86 bits per heavy atom. The lowest BCUT2D eigenvalue weighted by molar-refractivity contribution is 0.0946. The van der Waals surface area contributed by atoms with E-state index in [1.165, 1.54) is 0 Å². The molecule has 0 aliphatic heterocycles. The van der Waals surface area contributed by atoms with Crippen LogP contribution in [-0.4, -0.2) is 12.9 Å². The van der Waals surface area contributed by atoms with Crippen molar-refractivity contribution in [1.82, 2.24) is 0 Å². The molecule has 14 heavy (non-hydrogen) atoms. The summed E-state index contributed by atoms with van der Waals surface area (Å²) in [6, 6.07) is 3.54. The van der Waals surface area contributed by atoms with Gasteiger partial charge in [0, 0.05) is 11.5 Å². The van der Waals surface area contributed by atoms with E-state index >= 15 is 0 Å². The summed E-state index contributed by atoms with van der Waals surface area (Å²) < 4.78 is 5.10. The fourth-order valence-corrected chi connectivity index (χ4v) is 2.17. The number of Topliss-reactive ketones (excluding diaryl/α,β-unsaturated/α-hetero) is 1. The molecule has 0 saturated heterocycles. The average molecular weight is 211 g/mol. The largest absolute Gasteiger partial charge is 0.495 e. The lowest BCUT2D eigenvalue weighted by atomic mass is 10.1. The van der Waals surface area contributed by atoms with Crippen molar-refractivity contribution >= 4 is 17.4 Å². The number of halogens is 1. The number of carbonyl (C=O) groups excluding carboxylic acids is 1. The van der Waals surface area contributed by atoms with Gasteiger partial charge in [0.2, 0.25) is 0 Å². The van der Waals surface area contributed by atoms with E-state index in [1.54, 1.807) is 19.2 Å². The third kappa shape index (κ3) is 1.22. The second-order valence-electron chi connectivity index (χ2n) is 3.58. The van der Waals surface area contributed by atoms with Crippen molar-refractivity contribution in [3.8, 4) is 5.75 Å². The van der Waals surface area contributed by atoms with E-state index in [2.05, 4.69) is 0 Å². The first kappa shape index (κ1) is 9.53. The van der Waals surface area contributed by atoms with Gasteiger partial charge in [-0.25, -0.2) is 0 Å². The molecule has 0 bridgehead atoms. The number of hydrogen-bond donors (Lipinski definition) is 0. The van der Waals surface area contributed by atoms with Crippen LogP contribution in [0.25, 0.3) is 0 Å². The summed E-state index contributed by atoms with van der Waals surface area (Å²) in [6.45, 7) is 1.92. The van der Waals surface area contributed by atoms with E-state index in [9.17, 15) is 4.79 Å². The molecule has 1 aliphatic carbocycles. The number of benzene rings is 1. The standard InChI is InChI=1S/C11H11ClO2/c1-6-5-8-7(11(6)13)3-4-9(14-2)10(8)12/h3-4,6H,5H2,1-2H3/t6-/m0/s1. The van der Waals surface area contributed by atoms with E-state index in [4.69, 9.17) is 16.3 Å². The molecule has 1 aromatic rings. The van der Waals surface area contributed by atoms with Crippen molar-refractivity contribution in [3.63, 3.8) is 0 Å². The number of methoxy groups -OCH3 is 1. The van der Waals surface area contributed by atoms with Crippen LogP contribution in [0.1, 0.15) is 22.8 Å². The molecule has 74 valence electrons. The molecule has 0 spiro atoms. The number of hydrogen-bond acceptors (Lipinski definition) is 2. The Hall–Kier alpha value is -1.02. The van der Waals surface area contributed by atoms with Gasteiger partial charge in [-0.1, -0.05) is 18.5 Å². The predicted molar refractivity (Wildman–Crippen MR) is 55.2 cm³/mol. The normalized spacial score (nSPS) is 19.6. The number of rotatable bonds is 1. The number of fused-ring (bicyclic) bond motifs is 1. The van der Waals surface area contributed by atoms with Gasteiger partial charge in [0.1, 0.15) is 5.75 Å². The van der Waals surface area contributed by atoms with E-state index in [-0.39, 0.29) is 11.7 Å². The molecule has 0 aromatic heterocycles. The first-order valence-electron chi connectivity index (χ1n) is 4.54. The van der Waals surface area contributed by atoms with Crippen molar-refractivity contribution in [2.24, 2.45) is 5.92 Å². The SMILES string of the molecule is COc1ccc2c(c1Cl)C[C@H](C)C2=O. The van der Waals surface area contributed by atoms with Crippen LogP contribution in [0.4, 0.5) is 0 Å². The molecule has 3 heteroatoms. The summed E-state index contributed by atoms with van der Waals surface area (Å²) in [5.74, 6) is 0.881. The molecule has 1 aromatic carbocycles. The van der Waals surface area contributed by atoms with Gasteiger partial charge in [0.05, 0.1) is 12.1 Å². The highest BCUT2D eigenvalue weighted by atomic mass is 35.5. The fraction of sp³-hybridized carbons (Fsp3) is 0.364. The minimum atomic E-state index is 0.0506. The highest BCUT2D eigenvalue weighted by molar-refractivity contribution is 6.33. The maximum absolute atomic E-state index is 11.6. The van der Waals surface area contributed by atoms with Crippen molar-refractivity contribution < 1.29 is 9.53 Å². The van der Waals surface area contributed by atoms with Crippen molar-refractivity contribution in [2.75, 3.05) is 7.11 Å². The van der Waals surface area contributed by atoms with Crippen LogP contribution in [0.3, 0.4) is 0 Å². The molecule has 1 atom stereocenters. The quantitative estimate of drug-likeness (QED) is 0.713. The molecule has 0 heterocycles. The third-order valence-corrected chi connectivity index (χ3v) is 3.07. The monoisotopic (exact) mass is 210 g/mol. The molecule has 0 N–H and O–H groups in total. The Labute approximate surface area is 87.8 Å². The summed E-state index contributed by atoms with van der Waals surface area (Å²) in [5.41, 5.74) is 1.69. The van der Waals surface area contributed by atoms with Gasteiger partial charge >= 0.3 is 0 Å². The van der Waals surface area contributed by atoms with Crippen molar-refractivity contribution in [1.29, 1.82) is 0 Å². The van der Waals surface area contributed by atoms with E-state index in [1.807, 2.05) is 6.92 Å².